The first-order valence-corrected chi connectivity index (χ1v) is 7.20. The van der Waals surface area contributed by atoms with Crippen molar-refractivity contribution in [3.8, 4) is 0 Å². The van der Waals surface area contributed by atoms with Gasteiger partial charge in [-0.15, -0.1) is 11.6 Å². The van der Waals surface area contributed by atoms with Gasteiger partial charge in [-0.05, 0) is 12.8 Å². The molecule has 1 saturated carbocycles. The fraction of sp³-hybridized carbons (Fsp3) is 0.667. The number of nitrogens with zero attached hydrogens (tertiary/aromatic N) is 3. The number of aryl methyl sites for hydroxylation is 1. The van der Waals surface area contributed by atoms with Gasteiger partial charge < -0.3 is 4.57 Å². The molecule has 0 radical (unpaired) electrons. The summed E-state index contributed by atoms with van der Waals surface area (Å²) in [7, 11) is -1.50. The molecular formula is C9H14ClN3O2S. The Bertz CT molecular complexity index is 467. The molecule has 7 heteroatoms. The number of hydrogen-bond acceptors (Lipinski definition) is 3. The second-order valence-corrected chi connectivity index (χ2v) is 6.46. The van der Waals surface area contributed by atoms with E-state index in [0.717, 1.165) is 18.7 Å². The number of hydrogen-bond donors (Lipinski definition) is 0. The summed E-state index contributed by atoms with van der Waals surface area (Å²) in [5.74, 6) is 0.737. The predicted molar refractivity (Wildman–Crippen MR) is 61.4 cm³/mol. The van der Waals surface area contributed by atoms with Gasteiger partial charge in [-0.25, -0.2) is 13.4 Å². The summed E-state index contributed by atoms with van der Waals surface area (Å²) >= 11 is 5.48. The van der Waals surface area contributed by atoms with Gasteiger partial charge in [0, 0.05) is 25.5 Å². The molecule has 90 valence electrons. The van der Waals surface area contributed by atoms with Gasteiger partial charge in [0.2, 0.25) is 10.0 Å². The van der Waals surface area contributed by atoms with Gasteiger partial charge in [-0.3, -0.25) is 0 Å². The standard InChI is InChI=1S/C9H14ClN3O2S/c1-12-5-4-11-9(12)6-13(8-2-3-8)16(14,15)7-10/h4-5,8H,2-3,6-7H2,1H3. The molecule has 1 aliphatic carbocycles. The fourth-order valence-electron chi connectivity index (χ4n) is 1.57. The minimum atomic E-state index is -3.34. The van der Waals surface area contributed by atoms with Gasteiger partial charge in [0.1, 0.15) is 11.0 Å². The van der Waals surface area contributed by atoms with Crippen LogP contribution in [-0.4, -0.2) is 33.5 Å². The molecule has 0 atom stereocenters. The SMILES string of the molecule is Cn1ccnc1CN(C1CC1)S(=O)(=O)CCl. The number of rotatable bonds is 5. The minimum absolute atomic E-state index is 0.112. The number of imidazole rings is 1. The van der Waals surface area contributed by atoms with Crippen LogP contribution in [0.5, 0.6) is 0 Å². The Morgan fingerprint density at radius 3 is 2.75 bits per heavy atom. The van der Waals surface area contributed by atoms with Crippen LogP contribution < -0.4 is 0 Å². The third kappa shape index (κ3) is 2.39. The average Bonchev–Trinajstić information content (AvgIpc) is 3.00. The van der Waals surface area contributed by atoms with Crippen molar-refractivity contribution < 1.29 is 8.42 Å². The van der Waals surface area contributed by atoms with Crippen LogP contribution in [0.3, 0.4) is 0 Å². The van der Waals surface area contributed by atoms with Crippen molar-refractivity contribution in [3.63, 3.8) is 0 Å². The average molecular weight is 264 g/mol. The van der Waals surface area contributed by atoms with E-state index in [-0.39, 0.29) is 11.3 Å². The first kappa shape index (κ1) is 11.9. The van der Waals surface area contributed by atoms with E-state index < -0.39 is 10.0 Å². The van der Waals surface area contributed by atoms with Crippen LogP contribution in [0, 0.1) is 0 Å². The highest BCUT2D eigenvalue weighted by Crippen LogP contribution is 2.30. The summed E-state index contributed by atoms with van der Waals surface area (Å²) in [5, 5.41) is -0.367. The fourth-order valence-corrected chi connectivity index (χ4v) is 3.05. The molecule has 1 aromatic rings. The van der Waals surface area contributed by atoms with Crippen LogP contribution >= 0.6 is 11.6 Å². The molecule has 0 aromatic carbocycles. The Morgan fingerprint density at radius 1 is 1.62 bits per heavy atom. The van der Waals surface area contributed by atoms with Crippen LogP contribution in [0.15, 0.2) is 12.4 Å². The van der Waals surface area contributed by atoms with E-state index in [1.807, 2.05) is 11.6 Å². The third-order valence-electron chi connectivity index (χ3n) is 2.67. The Labute approximate surface area is 100 Å². The zero-order valence-electron chi connectivity index (χ0n) is 9.00. The van der Waals surface area contributed by atoms with Gasteiger partial charge >= 0.3 is 0 Å². The maximum atomic E-state index is 11.8. The Kier molecular flexibility index (Phi) is 3.23. The van der Waals surface area contributed by atoms with Crippen molar-refractivity contribution in [1.29, 1.82) is 0 Å². The highest BCUT2D eigenvalue weighted by atomic mass is 35.5. The largest absolute Gasteiger partial charge is 0.337 e. The number of halogens is 1. The first-order valence-electron chi connectivity index (χ1n) is 5.06. The molecule has 0 spiro atoms. The van der Waals surface area contributed by atoms with E-state index in [0.29, 0.717) is 6.54 Å². The molecule has 0 N–H and O–H groups in total. The van der Waals surface area contributed by atoms with Crippen molar-refractivity contribution in [3.05, 3.63) is 18.2 Å². The lowest BCUT2D eigenvalue weighted by atomic mass is 10.5. The summed E-state index contributed by atoms with van der Waals surface area (Å²) in [4.78, 5) is 4.13. The highest BCUT2D eigenvalue weighted by molar-refractivity contribution is 7.90. The summed E-state index contributed by atoms with van der Waals surface area (Å²) in [6, 6.07) is 0.112. The molecule has 1 fully saturated rings. The molecular weight excluding hydrogens is 250 g/mol. The molecule has 1 aromatic heterocycles. The lowest BCUT2D eigenvalue weighted by molar-refractivity contribution is 0.388. The van der Waals surface area contributed by atoms with Crippen molar-refractivity contribution in [2.45, 2.75) is 25.4 Å². The highest BCUT2D eigenvalue weighted by Gasteiger charge is 2.37. The molecule has 1 heterocycles. The Hall–Kier alpha value is -0.590. The van der Waals surface area contributed by atoms with Crippen LogP contribution in [0.1, 0.15) is 18.7 Å². The quantitative estimate of drug-likeness (QED) is 0.742. The molecule has 0 saturated heterocycles. The van der Waals surface area contributed by atoms with Crippen molar-refractivity contribution >= 4 is 21.6 Å². The first-order chi connectivity index (χ1) is 7.54. The maximum Gasteiger partial charge on any atom is 0.228 e. The molecule has 0 amide bonds. The zero-order chi connectivity index (χ0) is 11.8. The van der Waals surface area contributed by atoms with Crippen molar-refractivity contribution in [2.24, 2.45) is 7.05 Å². The van der Waals surface area contributed by atoms with Gasteiger partial charge in [-0.1, -0.05) is 0 Å². The van der Waals surface area contributed by atoms with Crippen LogP contribution in [0.2, 0.25) is 0 Å². The summed E-state index contributed by atoms with van der Waals surface area (Å²) in [5.41, 5.74) is 0. The van der Waals surface area contributed by atoms with E-state index in [4.69, 9.17) is 11.6 Å². The minimum Gasteiger partial charge on any atom is -0.337 e. The van der Waals surface area contributed by atoms with Gasteiger partial charge in [0.05, 0.1) is 6.54 Å². The lowest BCUT2D eigenvalue weighted by Crippen LogP contribution is -2.34. The molecule has 5 nitrogen and oxygen atoms in total. The number of alkyl halides is 1. The van der Waals surface area contributed by atoms with Crippen molar-refractivity contribution in [1.82, 2.24) is 13.9 Å². The van der Waals surface area contributed by atoms with E-state index >= 15 is 0 Å². The van der Waals surface area contributed by atoms with Crippen molar-refractivity contribution in [2.75, 3.05) is 5.21 Å². The molecule has 0 unspecified atom stereocenters. The lowest BCUT2D eigenvalue weighted by Gasteiger charge is -2.19. The Morgan fingerprint density at radius 2 is 2.31 bits per heavy atom. The zero-order valence-corrected chi connectivity index (χ0v) is 10.6. The van der Waals surface area contributed by atoms with Crippen LogP contribution in [-0.2, 0) is 23.6 Å². The van der Waals surface area contributed by atoms with Gasteiger partial charge in [0.25, 0.3) is 0 Å². The second kappa shape index (κ2) is 4.35. The molecule has 16 heavy (non-hydrogen) atoms. The monoisotopic (exact) mass is 263 g/mol. The normalized spacial score (nSPS) is 16.9. The van der Waals surface area contributed by atoms with Crippen LogP contribution in [0.25, 0.3) is 0 Å². The smallest absolute Gasteiger partial charge is 0.228 e. The predicted octanol–water partition coefficient (Wildman–Crippen LogP) is 0.911. The van der Waals surface area contributed by atoms with Gasteiger partial charge in [0.15, 0.2) is 0 Å². The van der Waals surface area contributed by atoms with E-state index in [2.05, 4.69) is 4.98 Å². The molecule has 0 bridgehead atoms. The van der Waals surface area contributed by atoms with E-state index in [1.54, 1.807) is 12.4 Å². The maximum absolute atomic E-state index is 11.8. The number of sulfonamides is 1. The van der Waals surface area contributed by atoms with Crippen LogP contribution in [0.4, 0.5) is 0 Å². The topological polar surface area (TPSA) is 55.2 Å². The summed E-state index contributed by atoms with van der Waals surface area (Å²) in [6.45, 7) is 0.309. The third-order valence-corrected chi connectivity index (χ3v) is 4.91. The number of aromatic nitrogens is 2. The molecule has 1 aliphatic rings. The molecule has 2 rings (SSSR count). The summed E-state index contributed by atoms with van der Waals surface area (Å²) in [6.07, 6.45) is 5.29. The van der Waals surface area contributed by atoms with E-state index in [9.17, 15) is 8.42 Å². The second-order valence-electron chi connectivity index (χ2n) is 3.95. The summed E-state index contributed by atoms with van der Waals surface area (Å²) < 4.78 is 26.8. The molecule has 0 aliphatic heterocycles. The van der Waals surface area contributed by atoms with Gasteiger partial charge in [-0.2, -0.15) is 4.31 Å². The van der Waals surface area contributed by atoms with E-state index in [1.165, 1.54) is 4.31 Å². The Balaban J connectivity index is 2.19.